The Balaban J connectivity index is 0.000000133. The van der Waals surface area contributed by atoms with Crippen molar-refractivity contribution in [1.82, 2.24) is 10.2 Å². The molecule has 4 aromatic carbocycles. The third kappa shape index (κ3) is 10.2. The van der Waals surface area contributed by atoms with E-state index >= 15 is 0 Å². The second kappa shape index (κ2) is 19.8. The van der Waals surface area contributed by atoms with E-state index in [1.54, 1.807) is 16.7 Å². The standard InChI is InChI=1S/C31H41NO2.C25H28O2.C6H13N/c1-23-11-13-32(14-12-23)20-28(33)21-34-29-9-7-27(8-10-29)31-18-24-15-25(19-31)17-30(16-24,22-31)26-5-3-2-4-6-26;1-2-4-20(5-3-1)24-11-18-10-19(12-24)14-25(13-18,17-24)21-6-8-22(9-7-21)26-15-23-16-27-23;1-6-2-4-7-5-3-6/h2-10,23-25,28,33H,11-22H2,1H3;1-9,18-19,23H,10-17H2;6-7H,2-5H2,1H3/t24?,25?,28-,30?,31?;18?,19?,23-,24?,25?;/m01./s1. The highest BCUT2D eigenvalue weighted by Crippen LogP contribution is 2.67. The summed E-state index contributed by atoms with van der Waals surface area (Å²) in [6.45, 7) is 11.9. The number of piperidine rings is 2. The number of rotatable bonds is 12. The Bertz CT molecular complexity index is 2200. The van der Waals surface area contributed by atoms with Crippen LogP contribution >= 0.6 is 0 Å². The molecule has 0 aromatic heterocycles. The summed E-state index contributed by atoms with van der Waals surface area (Å²) < 4.78 is 17.1. The summed E-state index contributed by atoms with van der Waals surface area (Å²) in [6.07, 6.45) is 21.7. The van der Waals surface area contributed by atoms with E-state index in [1.807, 2.05) is 0 Å². The third-order valence-corrected chi connectivity index (χ3v) is 19.1. The average Bonchev–Trinajstić information content (AvgIpc) is 4.19. The first-order valence-corrected chi connectivity index (χ1v) is 27.5. The lowest BCUT2D eigenvalue weighted by Gasteiger charge is -2.63. The zero-order valence-electron chi connectivity index (χ0n) is 41.6. The first-order chi connectivity index (χ1) is 33.1. The minimum Gasteiger partial charge on any atom is -0.491 e. The van der Waals surface area contributed by atoms with Gasteiger partial charge in [0.15, 0.2) is 0 Å². The van der Waals surface area contributed by atoms with Gasteiger partial charge < -0.3 is 29.5 Å². The molecule has 8 aliphatic carbocycles. The molecule has 0 radical (unpaired) electrons. The normalized spacial score (nSPS) is 35.1. The molecule has 8 bridgehead atoms. The molecule has 68 heavy (non-hydrogen) atoms. The van der Waals surface area contributed by atoms with Crippen LogP contribution in [0.4, 0.5) is 0 Å². The number of nitrogens with zero attached hydrogens (tertiary/aromatic N) is 1. The van der Waals surface area contributed by atoms with E-state index in [0.717, 1.165) is 73.2 Å². The fourth-order valence-corrected chi connectivity index (χ4v) is 16.4. The van der Waals surface area contributed by atoms with Crippen LogP contribution in [0.3, 0.4) is 0 Å². The Kier molecular flexibility index (Phi) is 13.6. The van der Waals surface area contributed by atoms with Crippen molar-refractivity contribution in [3.63, 3.8) is 0 Å². The summed E-state index contributed by atoms with van der Waals surface area (Å²) in [6, 6.07) is 40.8. The Morgan fingerprint density at radius 2 is 0.956 bits per heavy atom. The second-order valence-corrected chi connectivity index (χ2v) is 24.5. The van der Waals surface area contributed by atoms with Crippen molar-refractivity contribution >= 4 is 0 Å². The maximum Gasteiger partial charge on any atom is 0.119 e. The first-order valence-electron chi connectivity index (χ1n) is 27.5. The van der Waals surface area contributed by atoms with E-state index in [-0.39, 0.29) is 0 Å². The zero-order chi connectivity index (χ0) is 46.2. The number of likely N-dealkylation sites (tertiary alicyclic amines) is 1. The molecular formula is C62H82N2O4. The van der Waals surface area contributed by atoms with Crippen LogP contribution in [0, 0.1) is 35.5 Å². The molecule has 15 rings (SSSR count). The van der Waals surface area contributed by atoms with Gasteiger partial charge in [0, 0.05) is 6.54 Å². The molecule has 3 saturated heterocycles. The molecular weight excluding hydrogens is 837 g/mol. The van der Waals surface area contributed by atoms with E-state index in [0.29, 0.717) is 41.0 Å². The van der Waals surface area contributed by atoms with Gasteiger partial charge in [0.1, 0.15) is 36.9 Å². The van der Waals surface area contributed by atoms with Crippen molar-refractivity contribution in [3.8, 4) is 11.5 Å². The van der Waals surface area contributed by atoms with Gasteiger partial charge >= 0.3 is 0 Å². The predicted molar refractivity (Wildman–Crippen MR) is 275 cm³/mol. The first kappa shape index (κ1) is 46.7. The van der Waals surface area contributed by atoms with Crippen molar-refractivity contribution in [2.45, 2.75) is 150 Å². The van der Waals surface area contributed by atoms with Crippen LogP contribution in [0.2, 0.25) is 0 Å². The van der Waals surface area contributed by atoms with Gasteiger partial charge in [0.2, 0.25) is 0 Å². The molecule has 4 aromatic rings. The Labute approximate surface area is 409 Å². The van der Waals surface area contributed by atoms with Gasteiger partial charge in [-0.3, -0.25) is 0 Å². The van der Waals surface area contributed by atoms with Crippen molar-refractivity contribution in [2.24, 2.45) is 35.5 Å². The van der Waals surface area contributed by atoms with Gasteiger partial charge in [-0.15, -0.1) is 0 Å². The van der Waals surface area contributed by atoms with Gasteiger partial charge in [-0.25, -0.2) is 0 Å². The number of hydrogen-bond donors (Lipinski definition) is 2. The van der Waals surface area contributed by atoms with Gasteiger partial charge in [-0.2, -0.15) is 0 Å². The van der Waals surface area contributed by atoms with E-state index in [2.05, 4.69) is 133 Å². The highest BCUT2D eigenvalue weighted by molar-refractivity contribution is 5.41. The second-order valence-electron chi connectivity index (χ2n) is 24.5. The largest absolute Gasteiger partial charge is 0.491 e. The molecule has 3 heterocycles. The molecule has 2 N–H and O–H groups in total. The monoisotopic (exact) mass is 919 g/mol. The number of ether oxygens (including phenoxy) is 3. The molecule has 364 valence electrons. The minimum atomic E-state index is -0.429. The maximum atomic E-state index is 10.5. The van der Waals surface area contributed by atoms with Gasteiger partial charge in [-0.1, -0.05) is 98.8 Å². The molecule has 3 aliphatic heterocycles. The number of benzene rings is 4. The summed E-state index contributed by atoms with van der Waals surface area (Å²) in [5.74, 6) is 7.19. The van der Waals surface area contributed by atoms with Crippen LogP contribution in [-0.2, 0) is 26.4 Å². The number of hydrogen-bond acceptors (Lipinski definition) is 6. The molecule has 8 saturated carbocycles. The van der Waals surface area contributed by atoms with Crippen LogP contribution in [-0.4, -0.2) is 74.8 Å². The van der Waals surface area contributed by atoms with Crippen molar-refractivity contribution in [2.75, 3.05) is 52.5 Å². The number of aliphatic hydroxyl groups excluding tert-OH is 1. The van der Waals surface area contributed by atoms with Crippen LogP contribution < -0.4 is 14.8 Å². The average molecular weight is 919 g/mol. The summed E-state index contributed by atoms with van der Waals surface area (Å²) >= 11 is 0. The number of aliphatic hydroxyl groups is 1. The summed E-state index contributed by atoms with van der Waals surface area (Å²) in [4.78, 5) is 2.38. The summed E-state index contributed by atoms with van der Waals surface area (Å²) in [5.41, 5.74) is 7.70. The SMILES string of the molecule is CC1CCN(C[C@H](O)COc2ccc(C34CC5CC(CC(c6ccccc6)(C5)C3)C4)cc2)CC1.CC1CCNCC1.c1ccc(C23CC4CC(C2)CC(c2ccc(OC[C@@H]5CO5)cc2)(C4)C3)cc1. The number of β-amino-alcohol motifs (C(OH)–C–C–N with tert-alkyl or cyclic N) is 1. The summed E-state index contributed by atoms with van der Waals surface area (Å²) in [5, 5.41) is 13.8. The molecule has 11 fully saturated rings. The van der Waals surface area contributed by atoms with Crippen molar-refractivity contribution in [1.29, 1.82) is 0 Å². The predicted octanol–water partition coefficient (Wildman–Crippen LogP) is 12.2. The molecule has 6 atom stereocenters. The molecule has 4 unspecified atom stereocenters. The number of nitrogens with one attached hydrogen (secondary N) is 1. The van der Waals surface area contributed by atoms with Gasteiger partial charge in [0.05, 0.1) is 6.61 Å². The maximum absolute atomic E-state index is 10.5. The molecule has 0 amide bonds. The lowest BCUT2D eigenvalue weighted by molar-refractivity contribution is -0.0283. The molecule has 6 nitrogen and oxygen atoms in total. The van der Waals surface area contributed by atoms with E-state index in [4.69, 9.17) is 14.2 Å². The van der Waals surface area contributed by atoms with Crippen molar-refractivity contribution in [3.05, 3.63) is 131 Å². The van der Waals surface area contributed by atoms with Gasteiger partial charge in [0.25, 0.3) is 0 Å². The Morgan fingerprint density at radius 3 is 1.35 bits per heavy atom. The van der Waals surface area contributed by atoms with Gasteiger partial charge in [-0.05, 0) is 233 Å². The fourth-order valence-electron chi connectivity index (χ4n) is 16.4. The minimum absolute atomic E-state index is 0.318. The third-order valence-electron chi connectivity index (χ3n) is 19.1. The quantitative estimate of drug-likeness (QED) is 0.138. The molecule has 0 spiro atoms. The fraction of sp³-hybridized carbons (Fsp3) is 0.613. The van der Waals surface area contributed by atoms with Crippen LogP contribution in [0.5, 0.6) is 11.5 Å². The molecule has 11 aliphatic rings. The van der Waals surface area contributed by atoms with Crippen LogP contribution in [0.15, 0.2) is 109 Å². The van der Waals surface area contributed by atoms with E-state index in [1.165, 1.54) is 121 Å². The van der Waals surface area contributed by atoms with E-state index < -0.39 is 6.10 Å². The van der Waals surface area contributed by atoms with Crippen molar-refractivity contribution < 1.29 is 19.3 Å². The lowest BCUT2D eigenvalue weighted by Crippen LogP contribution is -2.55. The topological polar surface area (TPSA) is 66.5 Å². The number of epoxide rings is 1. The lowest BCUT2D eigenvalue weighted by atomic mass is 9.42. The highest BCUT2D eigenvalue weighted by Gasteiger charge is 2.60. The molecule has 6 heteroatoms. The summed E-state index contributed by atoms with van der Waals surface area (Å²) in [7, 11) is 0. The smallest absolute Gasteiger partial charge is 0.119 e. The van der Waals surface area contributed by atoms with E-state index in [9.17, 15) is 5.11 Å². The van der Waals surface area contributed by atoms with Crippen LogP contribution in [0.1, 0.15) is 139 Å². The highest BCUT2D eigenvalue weighted by atomic mass is 16.6. The Morgan fingerprint density at radius 1 is 0.559 bits per heavy atom. The van der Waals surface area contributed by atoms with Crippen LogP contribution in [0.25, 0.3) is 0 Å². The Hall–Kier alpha value is -3.68. The zero-order valence-corrected chi connectivity index (χ0v) is 41.6.